The molecule has 0 unspecified atom stereocenters. The summed E-state index contributed by atoms with van der Waals surface area (Å²) < 4.78 is 1.88. The molecule has 5 nitrogen and oxygen atoms in total. The third-order valence-electron chi connectivity index (χ3n) is 3.46. The fraction of sp³-hybridized carbons (Fsp3) is 0.375. The highest BCUT2D eigenvalue weighted by molar-refractivity contribution is 5.78. The zero-order valence-corrected chi connectivity index (χ0v) is 13.0. The average molecular weight is 285 g/mol. The molecule has 1 aromatic heterocycles. The van der Waals surface area contributed by atoms with Gasteiger partial charge in [-0.2, -0.15) is 5.10 Å². The van der Waals surface area contributed by atoms with E-state index in [9.17, 15) is 0 Å². The van der Waals surface area contributed by atoms with E-state index in [-0.39, 0.29) is 0 Å². The molecule has 0 bridgehead atoms. The van der Waals surface area contributed by atoms with Gasteiger partial charge in [-0.1, -0.05) is 18.2 Å². The summed E-state index contributed by atoms with van der Waals surface area (Å²) in [5, 5.41) is 4.46. The first kappa shape index (κ1) is 15.1. The van der Waals surface area contributed by atoms with E-state index in [1.807, 2.05) is 47.0 Å². The van der Waals surface area contributed by atoms with Crippen molar-refractivity contribution < 1.29 is 0 Å². The molecule has 2 aromatic rings. The van der Waals surface area contributed by atoms with E-state index in [0.29, 0.717) is 12.5 Å². The summed E-state index contributed by atoms with van der Waals surface area (Å²) in [6.07, 6.45) is 1.96. The number of rotatable bonds is 5. The maximum atomic E-state index is 6.03. The summed E-state index contributed by atoms with van der Waals surface area (Å²) >= 11 is 0. The zero-order chi connectivity index (χ0) is 15.2. The van der Waals surface area contributed by atoms with Crippen LogP contribution in [0.5, 0.6) is 0 Å². The predicted molar refractivity (Wildman–Crippen MR) is 86.5 cm³/mol. The van der Waals surface area contributed by atoms with Crippen LogP contribution in [-0.4, -0.2) is 33.7 Å². The van der Waals surface area contributed by atoms with Crippen molar-refractivity contribution in [2.45, 2.75) is 27.3 Å². The second-order valence-corrected chi connectivity index (χ2v) is 4.88. The van der Waals surface area contributed by atoms with Gasteiger partial charge in [0.2, 0.25) is 0 Å². The smallest absolute Gasteiger partial charge is 0.191 e. The molecule has 1 heterocycles. The molecule has 0 radical (unpaired) electrons. The first-order valence-corrected chi connectivity index (χ1v) is 7.31. The molecule has 0 saturated heterocycles. The molecule has 0 aliphatic carbocycles. The van der Waals surface area contributed by atoms with Gasteiger partial charge in [0.25, 0.3) is 0 Å². The standard InChI is InChI=1S/C16H23N5/c1-4-20(5-2)16(17)18-12-14-8-6-7-9-15(14)21-11-10-13(3)19-21/h6-11H,4-5,12H2,1-3H3,(H2,17,18). The number of hydrogen-bond acceptors (Lipinski definition) is 2. The number of benzene rings is 1. The number of nitrogens with zero attached hydrogens (tertiary/aromatic N) is 4. The van der Waals surface area contributed by atoms with E-state index in [2.05, 4.69) is 30.0 Å². The summed E-state index contributed by atoms with van der Waals surface area (Å²) in [7, 11) is 0. The Morgan fingerprint density at radius 2 is 1.95 bits per heavy atom. The normalized spacial score (nSPS) is 11.7. The van der Waals surface area contributed by atoms with Gasteiger partial charge in [-0.3, -0.25) is 0 Å². The minimum Gasteiger partial charge on any atom is -0.370 e. The molecule has 0 aliphatic rings. The first-order valence-electron chi connectivity index (χ1n) is 7.31. The van der Waals surface area contributed by atoms with Gasteiger partial charge in [-0.25, -0.2) is 9.67 Å². The molecule has 0 atom stereocenters. The van der Waals surface area contributed by atoms with Gasteiger partial charge in [0.15, 0.2) is 5.96 Å². The second-order valence-electron chi connectivity index (χ2n) is 4.88. The predicted octanol–water partition coefficient (Wildman–Crippen LogP) is 2.34. The average Bonchev–Trinajstić information content (AvgIpc) is 2.93. The maximum Gasteiger partial charge on any atom is 0.191 e. The van der Waals surface area contributed by atoms with E-state index in [1.165, 1.54) is 0 Å². The third kappa shape index (κ3) is 3.62. The molecule has 112 valence electrons. The largest absolute Gasteiger partial charge is 0.370 e. The van der Waals surface area contributed by atoms with E-state index in [1.54, 1.807) is 0 Å². The Morgan fingerprint density at radius 3 is 2.57 bits per heavy atom. The quantitative estimate of drug-likeness (QED) is 0.677. The van der Waals surface area contributed by atoms with Gasteiger partial charge in [0.05, 0.1) is 17.9 Å². The summed E-state index contributed by atoms with van der Waals surface area (Å²) in [5.41, 5.74) is 9.18. The minimum absolute atomic E-state index is 0.553. The molecule has 2 rings (SSSR count). The topological polar surface area (TPSA) is 59.4 Å². The molecular formula is C16H23N5. The van der Waals surface area contributed by atoms with Crippen LogP contribution >= 0.6 is 0 Å². The van der Waals surface area contributed by atoms with Crippen LogP contribution in [0.4, 0.5) is 0 Å². The summed E-state index contributed by atoms with van der Waals surface area (Å²) in [5.74, 6) is 0.589. The van der Waals surface area contributed by atoms with Crippen molar-refractivity contribution in [3.63, 3.8) is 0 Å². The number of guanidine groups is 1. The SMILES string of the molecule is CCN(CC)C(N)=NCc1ccccc1-n1ccc(C)n1. The van der Waals surface area contributed by atoms with Crippen molar-refractivity contribution in [2.75, 3.05) is 13.1 Å². The Balaban J connectivity index is 2.23. The highest BCUT2D eigenvalue weighted by Crippen LogP contribution is 2.15. The summed E-state index contributed by atoms with van der Waals surface area (Å²) in [4.78, 5) is 6.55. The Kier molecular flexibility index (Phi) is 4.98. The lowest BCUT2D eigenvalue weighted by Gasteiger charge is -2.19. The van der Waals surface area contributed by atoms with Gasteiger partial charge in [-0.05, 0) is 38.5 Å². The molecule has 0 aliphatic heterocycles. The molecule has 1 aromatic carbocycles. The fourth-order valence-corrected chi connectivity index (χ4v) is 2.23. The number of aromatic nitrogens is 2. The van der Waals surface area contributed by atoms with Crippen LogP contribution in [0.3, 0.4) is 0 Å². The molecule has 2 N–H and O–H groups in total. The Hall–Kier alpha value is -2.30. The first-order chi connectivity index (χ1) is 10.2. The van der Waals surface area contributed by atoms with Gasteiger partial charge in [0, 0.05) is 19.3 Å². The van der Waals surface area contributed by atoms with Crippen LogP contribution in [0, 0.1) is 6.92 Å². The molecule has 0 amide bonds. The van der Waals surface area contributed by atoms with Crippen molar-refractivity contribution in [3.8, 4) is 5.69 Å². The van der Waals surface area contributed by atoms with E-state index in [0.717, 1.165) is 30.0 Å². The van der Waals surface area contributed by atoms with Crippen molar-refractivity contribution in [2.24, 2.45) is 10.7 Å². The van der Waals surface area contributed by atoms with Crippen LogP contribution in [0.25, 0.3) is 5.69 Å². The lowest BCUT2D eigenvalue weighted by molar-refractivity contribution is 0.458. The van der Waals surface area contributed by atoms with Crippen molar-refractivity contribution >= 4 is 5.96 Å². The molecule has 0 saturated carbocycles. The molecule has 0 fully saturated rings. The fourth-order valence-electron chi connectivity index (χ4n) is 2.23. The molecule has 5 heteroatoms. The Bertz CT molecular complexity index is 611. The van der Waals surface area contributed by atoms with Gasteiger partial charge in [0.1, 0.15) is 0 Å². The number of aliphatic imine (C=N–C) groups is 1. The summed E-state index contributed by atoms with van der Waals surface area (Å²) in [6, 6.07) is 10.1. The van der Waals surface area contributed by atoms with Gasteiger partial charge in [-0.15, -0.1) is 0 Å². The van der Waals surface area contributed by atoms with Crippen molar-refractivity contribution in [3.05, 3.63) is 47.8 Å². The number of nitrogens with two attached hydrogens (primary N) is 1. The van der Waals surface area contributed by atoms with Crippen LogP contribution in [-0.2, 0) is 6.54 Å². The lowest BCUT2D eigenvalue weighted by Crippen LogP contribution is -2.37. The maximum absolute atomic E-state index is 6.03. The minimum atomic E-state index is 0.553. The van der Waals surface area contributed by atoms with Crippen LogP contribution in [0.2, 0.25) is 0 Å². The highest BCUT2D eigenvalue weighted by Gasteiger charge is 2.06. The number of aryl methyl sites for hydroxylation is 1. The molecule has 21 heavy (non-hydrogen) atoms. The Labute approximate surface area is 126 Å². The zero-order valence-electron chi connectivity index (χ0n) is 13.0. The second kappa shape index (κ2) is 6.92. The van der Waals surface area contributed by atoms with Crippen LogP contribution in [0.1, 0.15) is 25.1 Å². The molecule has 0 spiro atoms. The molecular weight excluding hydrogens is 262 g/mol. The summed E-state index contributed by atoms with van der Waals surface area (Å²) in [6.45, 7) is 8.42. The van der Waals surface area contributed by atoms with Crippen LogP contribution < -0.4 is 5.73 Å². The van der Waals surface area contributed by atoms with Gasteiger partial charge < -0.3 is 10.6 Å². The van der Waals surface area contributed by atoms with E-state index in [4.69, 9.17) is 5.73 Å². The third-order valence-corrected chi connectivity index (χ3v) is 3.46. The number of para-hydroxylation sites is 1. The van der Waals surface area contributed by atoms with E-state index < -0.39 is 0 Å². The van der Waals surface area contributed by atoms with Crippen molar-refractivity contribution in [1.29, 1.82) is 0 Å². The highest BCUT2D eigenvalue weighted by atomic mass is 15.3. The monoisotopic (exact) mass is 285 g/mol. The van der Waals surface area contributed by atoms with Crippen molar-refractivity contribution in [1.82, 2.24) is 14.7 Å². The van der Waals surface area contributed by atoms with Crippen LogP contribution in [0.15, 0.2) is 41.5 Å². The van der Waals surface area contributed by atoms with Gasteiger partial charge >= 0.3 is 0 Å². The lowest BCUT2D eigenvalue weighted by atomic mass is 10.2. The number of hydrogen-bond donors (Lipinski definition) is 1. The van der Waals surface area contributed by atoms with E-state index >= 15 is 0 Å². The Morgan fingerprint density at radius 1 is 1.24 bits per heavy atom.